The van der Waals surface area contributed by atoms with Gasteiger partial charge in [-0.05, 0) is 17.5 Å². The number of ether oxygens (including phenoxy) is 1. The van der Waals surface area contributed by atoms with Crippen LogP contribution in [0.25, 0.3) is 0 Å². The van der Waals surface area contributed by atoms with E-state index in [4.69, 9.17) is 4.74 Å². The molecule has 20 heavy (non-hydrogen) atoms. The molecule has 2 atom stereocenters. The summed E-state index contributed by atoms with van der Waals surface area (Å²) in [4.78, 5) is 14.2. The highest BCUT2D eigenvalue weighted by Gasteiger charge is 2.26. The van der Waals surface area contributed by atoms with Crippen molar-refractivity contribution >= 4 is 5.91 Å². The van der Waals surface area contributed by atoms with Crippen LogP contribution in [-0.4, -0.2) is 47.8 Å². The Kier molecular flexibility index (Phi) is 4.00. The molecule has 5 heteroatoms. The van der Waals surface area contributed by atoms with E-state index in [1.54, 1.807) is 0 Å². The third-order valence-corrected chi connectivity index (χ3v) is 3.94. The van der Waals surface area contributed by atoms with Gasteiger partial charge in [0.2, 0.25) is 5.91 Å². The highest BCUT2D eigenvalue weighted by molar-refractivity contribution is 5.78. The standard InChI is InChI=1S/C15H20N2O3/c18-14-5-6-20-10-13(14)16-15(19)9-17-7-11-3-1-2-4-12(11)8-17/h1-4,13-14,18H,5-10H2,(H,16,19)/t13-,14-/m1/s1. The summed E-state index contributed by atoms with van der Waals surface area (Å²) in [5.74, 6) is -0.0487. The summed E-state index contributed by atoms with van der Waals surface area (Å²) in [6.45, 7) is 2.95. The number of rotatable bonds is 3. The van der Waals surface area contributed by atoms with E-state index in [1.807, 2.05) is 12.1 Å². The number of aliphatic hydroxyl groups is 1. The molecule has 1 saturated heterocycles. The van der Waals surface area contributed by atoms with Crippen LogP contribution in [0.1, 0.15) is 17.5 Å². The quantitative estimate of drug-likeness (QED) is 0.832. The van der Waals surface area contributed by atoms with E-state index in [1.165, 1.54) is 11.1 Å². The summed E-state index contributed by atoms with van der Waals surface area (Å²) in [5, 5.41) is 12.7. The summed E-state index contributed by atoms with van der Waals surface area (Å²) in [6, 6.07) is 7.98. The first-order chi connectivity index (χ1) is 9.72. The number of carbonyl (C=O) groups is 1. The fraction of sp³-hybridized carbons (Fsp3) is 0.533. The average molecular weight is 276 g/mol. The van der Waals surface area contributed by atoms with Gasteiger partial charge in [-0.3, -0.25) is 9.69 Å². The van der Waals surface area contributed by atoms with E-state index >= 15 is 0 Å². The second-order valence-corrected chi connectivity index (χ2v) is 5.52. The SMILES string of the molecule is O=C(CN1Cc2ccccc2C1)N[C@@H]1COCC[C@H]1O. The number of hydrogen-bond donors (Lipinski definition) is 2. The number of carbonyl (C=O) groups excluding carboxylic acids is 1. The summed E-state index contributed by atoms with van der Waals surface area (Å²) < 4.78 is 5.29. The van der Waals surface area contributed by atoms with Crippen LogP contribution in [0.15, 0.2) is 24.3 Å². The predicted molar refractivity (Wildman–Crippen MR) is 73.9 cm³/mol. The maximum atomic E-state index is 12.0. The molecule has 0 unspecified atom stereocenters. The Morgan fingerprint density at radius 1 is 1.35 bits per heavy atom. The molecule has 0 bridgehead atoms. The van der Waals surface area contributed by atoms with E-state index in [9.17, 15) is 9.90 Å². The minimum atomic E-state index is -0.497. The van der Waals surface area contributed by atoms with Gasteiger partial charge in [-0.15, -0.1) is 0 Å². The van der Waals surface area contributed by atoms with Crippen LogP contribution >= 0.6 is 0 Å². The van der Waals surface area contributed by atoms with Crippen LogP contribution in [0.2, 0.25) is 0 Å². The first kappa shape index (κ1) is 13.5. The molecule has 0 radical (unpaired) electrons. The number of nitrogens with one attached hydrogen (secondary N) is 1. The fourth-order valence-corrected chi connectivity index (χ4v) is 2.84. The van der Waals surface area contributed by atoms with Crippen molar-refractivity contribution in [3.63, 3.8) is 0 Å². The lowest BCUT2D eigenvalue weighted by Gasteiger charge is -2.29. The maximum Gasteiger partial charge on any atom is 0.234 e. The molecule has 0 saturated carbocycles. The van der Waals surface area contributed by atoms with Gasteiger partial charge in [0.15, 0.2) is 0 Å². The highest BCUT2D eigenvalue weighted by Crippen LogP contribution is 2.21. The van der Waals surface area contributed by atoms with Gasteiger partial charge in [-0.2, -0.15) is 0 Å². The second kappa shape index (κ2) is 5.91. The minimum Gasteiger partial charge on any atom is -0.391 e. The Morgan fingerprint density at radius 3 is 2.70 bits per heavy atom. The Balaban J connectivity index is 1.51. The lowest BCUT2D eigenvalue weighted by molar-refractivity contribution is -0.126. The van der Waals surface area contributed by atoms with Crippen molar-refractivity contribution in [3.8, 4) is 0 Å². The zero-order chi connectivity index (χ0) is 13.9. The molecule has 2 aliphatic heterocycles. The third kappa shape index (κ3) is 3.00. The molecule has 108 valence electrons. The number of fused-ring (bicyclic) bond motifs is 1. The van der Waals surface area contributed by atoms with Crippen molar-refractivity contribution in [2.75, 3.05) is 19.8 Å². The molecule has 0 spiro atoms. The molecule has 5 nitrogen and oxygen atoms in total. The fourth-order valence-electron chi connectivity index (χ4n) is 2.84. The second-order valence-electron chi connectivity index (χ2n) is 5.52. The smallest absolute Gasteiger partial charge is 0.234 e. The summed E-state index contributed by atoms with van der Waals surface area (Å²) >= 11 is 0. The molecule has 2 aliphatic rings. The molecule has 1 fully saturated rings. The van der Waals surface area contributed by atoms with E-state index in [0.717, 1.165) is 13.1 Å². The molecule has 0 aliphatic carbocycles. The summed E-state index contributed by atoms with van der Waals surface area (Å²) in [6.07, 6.45) is 0.0867. The van der Waals surface area contributed by atoms with Crippen molar-refractivity contribution in [2.24, 2.45) is 0 Å². The Hall–Kier alpha value is -1.43. The lowest BCUT2D eigenvalue weighted by atomic mass is 10.1. The topological polar surface area (TPSA) is 61.8 Å². The molecular formula is C15H20N2O3. The number of aliphatic hydroxyl groups excluding tert-OH is 1. The molecule has 3 rings (SSSR count). The van der Waals surface area contributed by atoms with Crippen LogP contribution in [0.5, 0.6) is 0 Å². The van der Waals surface area contributed by atoms with Crippen LogP contribution < -0.4 is 5.32 Å². The van der Waals surface area contributed by atoms with Gasteiger partial charge in [0.05, 0.1) is 25.3 Å². The normalized spacial score (nSPS) is 26.2. The van der Waals surface area contributed by atoms with Gasteiger partial charge in [0.25, 0.3) is 0 Å². The van der Waals surface area contributed by atoms with Gasteiger partial charge < -0.3 is 15.2 Å². The summed E-state index contributed by atoms with van der Waals surface area (Å²) in [7, 11) is 0. The Morgan fingerprint density at radius 2 is 2.05 bits per heavy atom. The first-order valence-electron chi connectivity index (χ1n) is 7.06. The van der Waals surface area contributed by atoms with E-state index in [-0.39, 0.29) is 11.9 Å². The van der Waals surface area contributed by atoms with Crippen LogP contribution in [0.3, 0.4) is 0 Å². The Bertz CT molecular complexity index is 467. The van der Waals surface area contributed by atoms with Gasteiger partial charge in [0.1, 0.15) is 0 Å². The number of nitrogens with zero attached hydrogens (tertiary/aromatic N) is 1. The molecule has 1 aromatic carbocycles. The first-order valence-corrected chi connectivity index (χ1v) is 7.06. The number of amides is 1. The van der Waals surface area contributed by atoms with Gasteiger partial charge in [0, 0.05) is 19.7 Å². The maximum absolute atomic E-state index is 12.0. The van der Waals surface area contributed by atoms with Crippen molar-refractivity contribution in [1.82, 2.24) is 10.2 Å². The minimum absolute atomic E-state index is 0.0487. The van der Waals surface area contributed by atoms with E-state index < -0.39 is 6.10 Å². The van der Waals surface area contributed by atoms with Gasteiger partial charge in [-0.25, -0.2) is 0 Å². The highest BCUT2D eigenvalue weighted by atomic mass is 16.5. The average Bonchev–Trinajstić information content (AvgIpc) is 2.83. The molecule has 1 aromatic rings. The zero-order valence-corrected chi connectivity index (χ0v) is 11.4. The monoisotopic (exact) mass is 276 g/mol. The third-order valence-electron chi connectivity index (χ3n) is 3.94. The molecule has 2 N–H and O–H groups in total. The largest absolute Gasteiger partial charge is 0.391 e. The van der Waals surface area contributed by atoms with Crippen molar-refractivity contribution in [3.05, 3.63) is 35.4 Å². The number of benzene rings is 1. The van der Waals surface area contributed by atoms with E-state index in [2.05, 4.69) is 22.3 Å². The Labute approximate surface area is 118 Å². The van der Waals surface area contributed by atoms with Crippen LogP contribution in [0, 0.1) is 0 Å². The van der Waals surface area contributed by atoms with Crippen molar-refractivity contribution < 1.29 is 14.6 Å². The van der Waals surface area contributed by atoms with Gasteiger partial charge in [-0.1, -0.05) is 24.3 Å². The summed E-state index contributed by atoms with van der Waals surface area (Å²) in [5.41, 5.74) is 2.59. The van der Waals surface area contributed by atoms with E-state index in [0.29, 0.717) is 26.2 Å². The zero-order valence-electron chi connectivity index (χ0n) is 11.4. The van der Waals surface area contributed by atoms with Crippen molar-refractivity contribution in [1.29, 1.82) is 0 Å². The number of hydrogen-bond acceptors (Lipinski definition) is 4. The van der Waals surface area contributed by atoms with Gasteiger partial charge >= 0.3 is 0 Å². The molecular weight excluding hydrogens is 256 g/mol. The molecule has 2 heterocycles. The van der Waals surface area contributed by atoms with Crippen molar-refractivity contribution in [2.45, 2.75) is 31.7 Å². The lowest BCUT2D eigenvalue weighted by Crippen LogP contribution is -2.51. The van der Waals surface area contributed by atoms with Crippen LogP contribution in [0.4, 0.5) is 0 Å². The molecule has 0 aromatic heterocycles. The van der Waals surface area contributed by atoms with Crippen LogP contribution in [-0.2, 0) is 22.6 Å². The molecule has 1 amide bonds. The predicted octanol–water partition coefficient (Wildman–Crippen LogP) is 0.268.